The van der Waals surface area contributed by atoms with Crippen LogP contribution in [0.25, 0.3) is 32.9 Å². The number of aromatic amines is 1. The van der Waals surface area contributed by atoms with E-state index in [1.165, 1.54) is 5.56 Å². The minimum absolute atomic E-state index is 0.673. The summed E-state index contributed by atoms with van der Waals surface area (Å²) in [7, 11) is 0. The molecule has 0 aliphatic carbocycles. The summed E-state index contributed by atoms with van der Waals surface area (Å²) in [6.07, 6.45) is 1.86. The van der Waals surface area contributed by atoms with Gasteiger partial charge in [0.1, 0.15) is 0 Å². The number of H-pyrrole nitrogens is 1. The van der Waals surface area contributed by atoms with Gasteiger partial charge in [0, 0.05) is 33.7 Å². The number of pyridine rings is 1. The molecule has 2 aromatic heterocycles. The Bertz CT molecular complexity index is 1100. The van der Waals surface area contributed by atoms with E-state index < -0.39 is 0 Å². The quantitative estimate of drug-likeness (QED) is 0.545. The monoisotopic (exact) mass is 297 g/mol. The molecule has 0 spiro atoms. The summed E-state index contributed by atoms with van der Waals surface area (Å²) in [5.74, 6) is 0. The fourth-order valence-electron chi connectivity index (χ4n) is 3.29. The molecule has 0 fully saturated rings. The van der Waals surface area contributed by atoms with Crippen molar-refractivity contribution < 1.29 is 0 Å². The highest BCUT2D eigenvalue weighted by Gasteiger charge is 2.14. The van der Waals surface area contributed by atoms with Gasteiger partial charge in [-0.15, -0.1) is 0 Å². The SMILES string of the molecule is Cc1[nH]c2ccc(C#N)cc2c1-c1ccnc2c(C)cccc12. The molecular weight excluding hydrogens is 282 g/mol. The van der Waals surface area contributed by atoms with Gasteiger partial charge in [0.2, 0.25) is 0 Å². The molecule has 4 aromatic rings. The van der Waals surface area contributed by atoms with Crippen LogP contribution in [0.5, 0.6) is 0 Å². The van der Waals surface area contributed by atoms with Crippen molar-refractivity contribution in [2.45, 2.75) is 13.8 Å². The number of hydrogen-bond donors (Lipinski definition) is 1. The second-order valence-corrected chi connectivity index (χ2v) is 5.83. The molecule has 1 N–H and O–H groups in total. The maximum Gasteiger partial charge on any atom is 0.0991 e. The highest BCUT2D eigenvalue weighted by molar-refractivity contribution is 6.06. The molecule has 0 bridgehead atoms. The maximum atomic E-state index is 9.20. The Balaban J connectivity index is 2.13. The smallest absolute Gasteiger partial charge is 0.0991 e. The lowest BCUT2D eigenvalue weighted by Gasteiger charge is -2.08. The molecule has 0 amide bonds. The lowest BCUT2D eigenvalue weighted by atomic mass is 9.97. The Kier molecular flexibility index (Phi) is 2.92. The summed E-state index contributed by atoms with van der Waals surface area (Å²) in [5.41, 5.74) is 7.31. The number of hydrogen-bond acceptors (Lipinski definition) is 2. The van der Waals surface area contributed by atoms with Gasteiger partial charge in [-0.3, -0.25) is 4.98 Å². The third kappa shape index (κ3) is 2.00. The summed E-state index contributed by atoms with van der Waals surface area (Å²) in [6, 6.07) is 16.3. The molecule has 0 radical (unpaired) electrons. The number of rotatable bonds is 1. The lowest BCUT2D eigenvalue weighted by molar-refractivity contribution is 1.30. The van der Waals surface area contributed by atoms with Crippen molar-refractivity contribution in [3.05, 3.63) is 65.5 Å². The Morgan fingerprint density at radius 3 is 2.74 bits per heavy atom. The first-order valence-electron chi connectivity index (χ1n) is 7.56. The van der Waals surface area contributed by atoms with Crippen LogP contribution in [-0.4, -0.2) is 9.97 Å². The Morgan fingerprint density at radius 2 is 1.91 bits per heavy atom. The molecule has 0 unspecified atom stereocenters. The second kappa shape index (κ2) is 4.96. The maximum absolute atomic E-state index is 9.20. The first-order chi connectivity index (χ1) is 11.2. The number of para-hydroxylation sites is 1. The third-order valence-corrected chi connectivity index (χ3v) is 4.36. The summed E-state index contributed by atoms with van der Waals surface area (Å²) >= 11 is 0. The number of aryl methyl sites for hydroxylation is 2. The predicted octanol–water partition coefficient (Wildman–Crippen LogP) is 4.87. The number of nitrogens with zero attached hydrogens (tertiary/aromatic N) is 2. The zero-order chi connectivity index (χ0) is 16.0. The summed E-state index contributed by atoms with van der Waals surface area (Å²) in [6.45, 7) is 4.15. The third-order valence-electron chi connectivity index (χ3n) is 4.36. The van der Waals surface area contributed by atoms with E-state index in [0.717, 1.165) is 38.6 Å². The number of nitriles is 1. The van der Waals surface area contributed by atoms with Crippen LogP contribution in [0.1, 0.15) is 16.8 Å². The van der Waals surface area contributed by atoms with Crippen molar-refractivity contribution in [1.82, 2.24) is 9.97 Å². The van der Waals surface area contributed by atoms with Crippen LogP contribution >= 0.6 is 0 Å². The molecule has 0 aliphatic rings. The molecule has 0 aliphatic heterocycles. The number of benzene rings is 2. The van der Waals surface area contributed by atoms with E-state index in [-0.39, 0.29) is 0 Å². The molecule has 0 saturated carbocycles. The van der Waals surface area contributed by atoms with Crippen molar-refractivity contribution in [3.63, 3.8) is 0 Å². The van der Waals surface area contributed by atoms with Crippen LogP contribution in [0.4, 0.5) is 0 Å². The van der Waals surface area contributed by atoms with Gasteiger partial charge < -0.3 is 4.98 Å². The van der Waals surface area contributed by atoms with Crippen molar-refractivity contribution >= 4 is 21.8 Å². The van der Waals surface area contributed by atoms with Crippen LogP contribution in [0.3, 0.4) is 0 Å². The number of aromatic nitrogens is 2. The first-order valence-corrected chi connectivity index (χ1v) is 7.56. The Morgan fingerprint density at radius 1 is 1.04 bits per heavy atom. The van der Waals surface area contributed by atoms with Crippen LogP contribution in [0.15, 0.2) is 48.7 Å². The van der Waals surface area contributed by atoms with Gasteiger partial charge in [-0.25, -0.2) is 0 Å². The molecule has 0 saturated heterocycles. The molecule has 0 atom stereocenters. The van der Waals surface area contributed by atoms with Gasteiger partial charge in [0.15, 0.2) is 0 Å². The van der Waals surface area contributed by atoms with Gasteiger partial charge in [0.05, 0.1) is 17.1 Å². The zero-order valence-electron chi connectivity index (χ0n) is 13.0. The van der Waals surface area contributed by atoms with Crippen molar-refractivity contribution in [2.75, 3.05) is 0 Å². The summed E-state index contributed by atoms with van der Waals surface area (Å²) < 4.78 is 0. The fraction of sp³-hybridized carbons (Fsp3) is 0.100. The Labute approximate surface area is 134 Å². The summed E-state index contributed by atoms with van der Waals surface area (Å²) in [5, 5.41) is 11.4. The number of fused-ring (bicyclic) bond motifs is 2. The van der Waals surface area contributed by atoms with Crippen LogP contribution < -0.4 is 0 Å². The highest BCUT2D eigenvalue weighted by Crippen LogP contribution is 2.36. The van der Waals surface area contributed by atoms with Crippen molar-refractivity contribution in [1.29, 1.82) is 5.26 Å². The van der Waals surface area contributed by atoms with Crippen LogP contribution in [0, 0.1) is 25.2 Å². The highest BCUT2D eigenvalue weighted by atomic mass is 14.7. The van der Waals surface area contributed by atoms with E-state index in [1.54, 1.807) is 0 Å². The second-order valence-electron chi connectivity index (χ2n) is 5.83. The van der Waals surface area contributed by atoms with E-state index in [1.807, 2.05) is 24.4 Å². The van der Waals surface area contributed by atoms with Crippen molar-refractivity contribution in [3.8, 4) is 17.2 Å². The summed E-state index contributed by atoms with van der Waals surface area (Å²) in [4.78, 5) is 7.96. The predicted molar refractivity (Wildman–Crippen MR) is 93.2 cm³/mol. The van der Waals surface area contributed by atoms with E-state index in [0.29, 0.717) is 5.56 Å². The van der Waals surface area contributed by atoms with Crippen LogP contribution in [-0.2, 0) is 0 Å². The largest absolute Gasteiger partial charge is 0.358 e. The average Bonchev–Trinajstić information content (AvgIpc) is 2.89. The topological polar surface area (TPSA) is 52.5 Å². The van der Waals surface area contributed by atoms with Gasteiger partial charge in [-0.1, -0.05) is 18.2 Å². The zero-order valence-corrected chi connectivity index (χ0v) is 13.0. The molecule has 2 aromatic carbocycles. The van der Waals surface area contributed by atoms with Gasteiger partial charge >= 0.3 is 0 Å². The van der Waals surface area contributed by atoms with E-state index >= 15 is 0 Å². The van der Waals surface area contributed by atoms with E-state index in [9.17, 15) is 5.26 Å². The molecule has 2 heterocycles. The van der Waals surface area contributed by atoms with Crippen molar-refractivity contribution in [2.24, 2.45) is 0 Å². The molecule has 3 heteroatoms. The fourth-order valence-corrected chi connectivity index (χ4v) is 3.29. The standard InChI is InChI=1S/C20H15N3/c1-12-4-3-5-16-15(8-9-22-20(12)16)19-13(2)23-18-7-6-14(11-21)10-17(18)19/h3-10,23H,1-2H3. The minimum atomic E-state index is 0.673. The van der Waals surface area contributed by atoms with E-state index in [2.05, 4.69) is 54.2 Å². The van der Waals surface area contributed by atoms with E-state index in [4.69, 9.17) is 0 Å². The normalized spacial score (nSPS) is 11.0. The lowest BCUT2D eigenvalue weighted by Crippen LogP contribution is -1.88. The molecule has 3 nitrogen and oxygen atoms in total. The van der Waals surface area contributed by atoms with Gasteiger partial charge in [0.25, 0.3) is 0 Å². The van der Waals surface area contributed by atoms with Gasteiger partial charge in [-0.05, 0) is 49.2 Å². The molecule has 4 rings (SSSR count). The molecule has 23 heavy (non-hydrogen) atoms. The van der Waals surface area contributed by atoms with Crippen LogP contribution in [0.2, 0.25) is 0 Å². The average molecular weight is 297 g/mol. The number of nitrogens with one attached hydrogen (secondary N) is 1. The molecule has 110 valence electrons. The van der Waals surface area contributed by atoms with Gasteiger partial charge in [-0.2, -0.15) is 5.26 Å². The Hall–Kier alpha value is -3.12. The minimum Gasteiger partial charge on any atom is -0.358 e. The molecular formula is C20H15N3. The first kappa shape index (κ1) is 13.5.